The van der Waals surface area contributed by atoms with Crippen molar-refractivity contribution in [2.75, 3.05) is 32.5 Å². The second-order valence-electron chi connectivity index (χ2n) is 5.62. The van der Waals surface area contributed by atoms with Crippen molar-refractivity contribution in [3.05, 3.63) is 12.7 Å². The van der Waals surface area contributed by atoms with Crippen molar-refractivity contribution < 1.29 is 20.1 Å². The van der Waals surface area contributed by atoms with E-state index in [-0.39, 0.29) is 12.4 Å². The number of nitrogen functional groups attached to an aromatic ring is 1. The van der Waals surface area contributed by atoms with E-state index in [1.807, 2.05) is 4.90 Å². The summed E-state index contributed by atoms with van der Waals surface area (Å²) < 4.78 is 7.33. The van der Waals surface area contributed by atoms with Crippen molar-refractivity contribution in [1.29, 1.82) is 0 Å². The summed E-state index contributed by atoms with van der Waals surface area (Å²) in [6.07, 6.45) is -0.843. The number of imidazole rings is 1. The SMILES string of the molecule is CN(CCO)C[C@H]1O[C@@H](n2cnc3c(N)ncnc32)C(O)C1O. The third-order valence-electron chi connectivity index (χ3n) is 3.97. The molecule has 0 saturated carbocycles. The molecule has 2 aromatic rings. The second kappa shape index (κ2) is 6.34. The topological polar surface area (TPSA) is 143 Å². The molecular weight excluding hydrogens is 304 g/mol. The Hall–Kier alpha value is -1.85. The first-order valence-electron chi connectivity index (χ1n) is 7.27. The van der Waals surface area contributed by atoms with Crippen LogP contribution in [0, 0.1) is 0 Å². The molecule has 0 aliphatic carbocycles. The Balaban J connectivity index is 1.84. The largest absolute Gasteiger partial charge is 0.395 e. The van der Waals surface area contributed by atoms with Crippen LogP contribution in [0.15, 0.2) is 12.7 Å². The van der Waals surface area contributed by atoms with Crippen LogP contribution in [0.4, 0.5) is 5.82 Å². The van der Waals surface area contributed by atoms with Gasteiger partial charge in [-0.15, -0.1) is 0 Å². The Morgan fingerprint density at radius 1 is 1.30 bits per heavy atom. The number of hydrogen-bond donors (Lipinski definition) is 4. The van der Waals surface area contributed by atoms with Crippen LogP contribution >= 0.6 is 0 Å². The number of hydrogen-bond acceptors (Lipinski definition) is 9. The van der Waals surface area contributed by atoms with Crippen molar-refractivity contribution in [3.63, 3.8) is 0 Å². The van der Waals surface area contributed by atoms with Gasteiger partial charge in [-0.05, 0) is 7.05 Å². The monoisotopic (exact) mass is 324 g/mol. The predicted molar refractivity (Wildman–Crippen MR) is 80.2 cm³/mol. The van der Waals surface area contributed by atoms with E-state index < -0.39 is 24.5 Å². The molecule has 3 heterocycles. The minimum absolute atomic E-state index is 0.00759. The van der Waals surface area contributed by atoms with Crippen LogP contribution in [-0.2, 0) is 4.74 Å². The zero-order chi connectivity index (χ0) is 16.6. The average molecular weight is 324 g/mol. The molecule has 2 unspecified atom stereocenters. The van der Waals surface area contributed by atoms with Gasteiger partial charge in [0.05, 0.1) is 12.9 Å². The molecule has 10 nitrogen and oxygen atoms in total. The number of nitrogens with two attached hydrogens (primary N) is 1. The minimum Gasteiger partial charge on any atom is -0.395 e. The summed E-state index contributed by atoms with van der Waals surface area (Å²) in [5.41, 5.74) is 6.59. The quantitative estimate of drug-likeness (QED) is 0.488. The van der Waals surface area contributed by atoms with Gasteiger partial charge in [-0.25, -0.2) is 15.0 Å². The summed E-state index contributed by atoms with van der Waals surface area (Å²) in [7, 11) is 1.80. The van der Waals surface area contributed by atoms with E-state index in [4.69, 9.17) is 15.6 Å². The molecule has 1 saturated heterocycles. The number of rotatable bonds is 5. The van der Waals surface area contributed by atoms with Crippen LogP contribution in [0.5, 0.6) is 0 Å². The smallest absolute Gasteiger partial charge is 0.167 e. The molecule has 23 heavy (non-hydrogen) atoms. The Bertz CT molecular complexity index is 680. The third kappa shape index (κ3) is 2.86. The summed E-state index contributed by atoms with van der Waals surface area (Å²) in [6, 6.07) is 0. The first-order valence-corrected chi connectivity index (χ1v) is 7.27. The molecule has 0 bridgehead atoms. The van der Waals surface area contributed by atoms with Gasteiger partial charge < -0.3 is 30.7 Å². The molecule has 5 N–H and O–H groups in total. The van der Waals surface area contributed by atoms with Crippen LogP contribution < -0.4 is 5.73 Å². The van der Waals surface area contributed by atoms with E-state index in [9.17, 15) is 10.2 Å². The Labute approximate surface area is 132 Å². The highest BCUT2D eigenvalue weighted by molar-refractivity contribution is 5.81. The lowest BCUT2D eigenvalue weighted by Crippen LogP contribution is -2.39. The summed E-state index contributed by atoms with van der Waals surface area (Å²) in [5.74, 6) is 0.237. The van der Waals surface area contributed by atoms with Crippen molar-refractivity contribution in [3.8, 4) is 0 Å². The number of aliphatic hydroxyl groups is 3. The van der Waals surface area contributed by atoms with Crippen LogP contribution in [0.2, 0.25) is 0 Å². The number of anilines is 1. The van der Waals surface area contributed by atoms with Gasteiger partial charge in [-0.3, -0.25) is 4.57 Å². The maximum atomic E-state index is 10.3. The van der Waals surface area contributed by atoms with Gasteiger partial charge in [0.15, 0.2) is 17.7 Å². The Morgan fingerprint density at radius 3 is 2.83 bits per heavy atom. The first-order chi connectivity index (χ1) is 11.0. The molecule has 0 aromatic carbocycles. The number of nitrogens with zero attached hydrogens (tertiary/aromatic N) is 5. The third-order valence-corrected chi connectivity index (χ3v) is 3.97. The molecule has 126 valence electrons. The van der Waals surface area contributed by atoms with Gasteiger partial charge in [0.2, 0.25) is 0 Å². The fraction of sp³-hybridized carbons (Fsp3) is 0.615. The van der Waals surface area contributed by atoms with Crippen LogP contribution in [-0.4, -0.2) is 84.8 Å². The highest BCUT2D eigenvalue weighted by Crippen LogP contribution is 2.32. The van der Waals surface area contributed by atoms with Gasteiger partial charge in [-0.1, -0.05) is 0 Å². The van der Waals surface area contributed by atoms with Gasteiger partial charge in [0.25, 0.3) is 0 Å². The number of likely N-dealkylation sites (N-methyl/N-ethyl adjacent to an activating group) is 1. The molecule has 1 fully saturated rings. The molecule has 1 aliphatic rings. The van der Waals surface area contributed by atoms with Crippen molar-refractivity contribution in [2.45, 2.75) is 24.5 Å². The standard InChI is InChI=1S/C13H20N6O4/c1-18(2-3-20)4-7-9(21)10(22)13(23-7)19-6-17-8-11(14)15-5-16-12(8)19/h5-7,9-10,13,20-22H,2-4H2,1H3,(H2,14,15,16)/t7-,9?,10?,13-/m1/s1. The zero-order valence-electron chi connectivity index (χ0n) is 12.6. The molecule has 0 amide bonds. The van der Waals surface area contributed by atoms with E-state index in [1.54, 1.807) is 7.05 Å². The molecule has 0 radical (unpaired) electrons. The summed E-state index contributed by atoms with van der Waals surface area (Å²) in [5, 5.41) is 29.5. The maximum absolute atomic E-state index is 10.3. The zero-order valence-corrected chi connectivity index (χ0v) is 12.6. The second-order valence-corrected chi connectivity index (χ2v) is 5.62. The van der Waals surface area contributed by atoms with Gasteiger partial charge in [0.1, 0.15) is 30.2 Å². The Kier molecular flexibility index (Phi) is 4.41. The lowest BCUT2D eigenvalue weighted by Gasteiger charge is -2.21. The number of ether oxygens (including phenoxy) is 1. The molecule has 10 heteroatoms. The lowest BCUT2D eigenvalue weighted by atomic mass is 10.1. The van der Waals surface area contributed by atoms with Gasteiger partial charge in [-0.2, -0.15) is 0 Å². The predicted octanol–water partition coefficient (Wildman–Crippen LogP) is -2.05. The summed E-state index contributed by atoms with van der Waals surface area (Å²) in [6.45, 7) is 0.831. The molecule has 2 aromatic heterocycles. The van der Waals surface area contributed by atoms with E-state index in [2.05, 4.69) is 15.0 Å². The van der Waals surface area contributed by atoms with E-state index in [0.717, 1.165) is 0 Å². The van der Waals surface area contributed by atoms with E-state index >= 15 is 0 Å². The lowest BCUT2D eigenvalue weighted by molar-refractivity contribution is -0.0428. The van der Waals surface area contributed by atoms with Crippen molar-refractivity contribution >= 4 is 17.0 Å². The van der Waals surface area contributed by atoms with Crippen LogP contribution in [0.25, 0.3) is 11.2 Å². The van der Waals surface area contributed by atoms with Gasteiger partial charge >= 0.3 is 0 Å². The molecule has 1 aliphatic heterocycles. The molecule has 4 atom stereocenters. The maximum Gasteiger partial charge on any atom is 0.167 e. The molecule has 0 spiro atoms. The number of fused-ring (bicyclic) bond motifs is 1. The van der Waals surface area contributed by atoms with Gasteiger partial charge in [0, 0.05) is 13.1 Å². The van der Waals surface area contributed by atoms with E-state index in [0.29, 0.717) is 24.3 Å². The highest BCUT2D eigenvalue weighted by Gasteiger charge is 2.44. The molecular formula is C13H20N6O4. The first kappa shape index (κ1) is 16.0. The fourth-order valence-corrected chi connectivity index (χ4v) is 2.74. The number of aliphatic hydroxyl groups excluding tert-OH is 3. The summed E-state index contributed by atoms with van der Waals surface area (Å²) in [4.78, 5) is 13.9. The van der Waals surface area contributed by atoms with Crippen LogP contribution in [0.1, 0.15) is 6.23 Å². The molecule has 3 rings (SSSR count). The Morgan fingerprint density at radius 2 is 2.09 bits per heavy atom. The van der Waals surface area contributed by atoms with E-state index in [1.165, 1.54) is 17.2 Å². The highest BCUT2D eigenvalue weighted by atomic mass is 16.6. The number of aromatic nitrogens is 4. The normalized spacial score (nSPS) is 28.0. The van der Waals surface area contributed by atoms with Crippen molar-refractivity contribution in [1.82, 2.24) is 24.4 Å². The van der Waals surface area contributed by atoms with Crippen LogP contribution in [0.3, 0.4) is 0 Å². The minimum atomic E-state index is -1.13. The van der Waals surface area contributed by atoms with Crippen molar-refractivity contribution in [2.24, 2.45) is 0 Å². The fourth-order valence-electron chi connectivity index (χ4n) is 2.74. The average Bonchev–Trinajstić information content (AvgIpc) is 3.05. The summed E-state index contributed by atoms with van der Waals surface area (Å²) >= 11 is 0.